The van der Waals surface area contributed by atoms with E-state index in [0.29, 0.717) is 28.7 Å². The molecule has 1 saturated heterocycles. The number of hydrogen-bond acceptors (Lipinski definition) is 3. The minimum absolute atomic E-state index is 0.0243. The van der Waals surface area contributed by atoms with E-state index in [-0.39, 0.29) is 24.8 Å². The average molecular weight is 301 g/mol. The summed E-state index contributed by atoms with van der Waals surface area (Å²) in [5.74, 6) is -0.0962. The van der Waals surface area contributed by atoms with Gasteiger partial charge in [-0.2, -0.15) is 0 Å². The summed E-state index contributed by atoms with van der Waals surface area (Å²) in [4.78, 5) is 27.2. The first-order chi connectivity index (χ1) is 8.97. The molecule has 1 heterocycles. The summed E-state index contributed by atoms with van der Waals surface area (Å²) in [6.07, 6.45) is 0. The summed E-state index contributed by atoms with van der Waals surface area (Å²) in [7, 11) is 1.76. The lowest BCUT2D eigenvalue weighted by atomic mass is 10.1. The Morgan fingerprint density at radius 3 is 2.74 bits per heavy atom. The van der Waals surface area contributed by atoms with Crippen LogP contribution in [0.5, 0.6) is 0 Å². The van der Waals surface area contributed by atoms with Crippen LogP contribution < -0.4 is 0 Å². The van der Waals surface area contributed by atoms with Crippen molar-refractivity contribution in [2.24, 2.45) is 0 Å². The molecule has 0 saturated carbocycles. The third kappa shape index (κ3) is 3.47. The van der Waals surface area contributed by atoms with Gasteiger partial charge >= 0.3 is 0 Å². The zero-order chi connectivity index (χ0) is 14.0. The highest BCUT2D eigenvalue weighted by molar-refractivity contribution is 6.36. The highest BCUT2D eigenvalue weighted by atomic mass is 35.5. The van der Waals surface area contributed by atoms with Gasteiger partial charge in [-0.05, 0) is 18.2 Å². The molecule has 1 amide bonds. The Balaban J connectivity index is 2.05. The quantitative estimate of drug-likeness (QED) is 0.801. The van der Waals surface area contributed by atoms with Crippen LogP contribution in [0.2, 0.25) is 10.0 Å². The van der Waals surface area contributed by atoms with Crippen LogP contribution in [0, 0.1) is 0 Å². The number of amides is 1. The molecule has 0 atom stereocenters. The number of piperazine rings is 1. The van der Waals surface area contributed by atoms with E-state index in [1.54, 1.807) is 30.1 Å². The lowest BCUT2D eigenvalue weighted by molar-refractivity contribution is -0.134. The zero-order valence-electron chi connectivity index (χ0n) is 10.5. The van der Waals surface area contributed by atoms with E-state index in [1.165, 1.54) is 0 Å². The van der Waals surface area contributed by atoms with E-state index in [9.17, 15) is 9.59 Å². The van der Waals surface area contributed by atoms with Gasteiger partial charge in [0.25, 0.3) is 0 Å². The number of rotatable bonds is 3. The summed E-state index contributed by atoms with van der Waals surface area (Å²) in [5.41, 5.74) is 0.403. The summed E-state index contributed by atoms with van der Waals surface area (Å²) < 4.78 is 0. The van der Waals surface area contributed by atoms with Crippen LogP contribution in [0.15, 0.2) is 18.2 Å². The first-order valence-corrected chi connectivity index (χ1v) is 6.67. The van der Waals surface area contributed by atoms with Crippen LogP contribution in [-0.4, -0.2) is 54.7 Å². The van der Waals surface area contributed by atoms with E-state index in [2.05, 4.69) is 0 Å². The molecule has 0 spiro atoms. The van der Waals surface area contributed by atoms with Gasteiger partial charge < -0.3 is 4.90 Å². The molecule has 2 rings (SSSR count). The van der Waals surface area contributed by atoms with Crippen molar-refractivity contribution in [2.45, 2.75) is 0 Å². The second-order valence-electron chi connectivity index (χ2n) is 4.57. The molecule has 102 valence electrons. The highest BCUT2D eigenvalue weighted by Gasteiger charge is 2.23. The standard InChI is InChI=1S/C13H14Cl2N2O2/c1-16-4-5-17(8-13(16)19)7-12(18)10-6-9(14)2-3-11(10)15/h2-3,6H,4-5,7-8H2,1H3. The number of nitrogens with zero attached hydrogens (tertiary/aromatic N) is 2. The molecular weight excluding hydrogens is 287 g/mol. The molecule has 1 aromatic rings. The molecule has 0 radical (unpaired) electrons. The molecule has 0 bridgehead atoms. The lowest BCUT2D eigenvalue weighted by Crippen LogP contribution is -2.49. The Morgan fingerprint density at radius 1 is 1.32 bits per heavy atom. The van der Waals surface area contributed by atoms with Crippen molar-refractivity contribution in [2.75, 3.05) is 33.2 Å². The maximum Gasteiger partial charge on any atom is 0.236 e. The molecule has 0 unspecified atom stereocenters. The van der Waals surface area contributed by atoms with Crippen molar-refractivity contribution in [1.82, 2.24) is 9.80 Å². The Hall–Kier alpha value is -1.10. The molecule has 19 heavy (non-hydrogen) atoms. The van der Waals surface area contributed by atoms with Gasteiger partial charge in [0.15, 0.2) is 5.78 Å². The van der Waals surface area contributed by atoms with E-state index < -0.39 is 0 Å². The highest BCUT2D eigenvalue weighted by Crippen LogP contribution is 2.21. The van der Waals surface area contributed by atoms with Crippen molar-refractivity contribution >= 4 is 34.9 Å². The van der Waals surface area contributed by atoms with Crippen LogP contribution in [0.3, 0.4) is 0 Å². The van der Waals surface area contributed by atoms with E-state index in [0.717, 1.165) is 0 Å². The fourth-order valence-corrected chi connectivity index (χ4v) is 2.34. The molecule has 0 aliphatic carbocycles. The van der Waals surface area contributed by atoms with Gasteiger partial charge in [0.05, 0.1) is 18.1 Å². The summed E-state index contributed by atoms with van der Waals surface area (Å²) in [6.45, 7) is 1.77. The summed E-state index contributed by atoms with van der Waals surface area (Å²) in [5, 5.41) is 0.858. The molecule has 1 aliphatic rings. The first-order valence-electron chi connectivity index (χ1n) is 5.92. The van der Waals surface area contributed by atoms with Crippen LogP contribution in [0.4, 0.5) is 0 Å². The second-order valence-corrected chi connectivity index (χ2v) is 5.42. The van der Waals surface area contributed by atoms with Gasteiger partial charge in [0.2, 0.25) is 5.91 Å². The van der Waals surface area contributed by atoms with E-state index in [1.807, 2.05) is 4.90 Å². The number of benzene rings is 1. The molecule has 6 heteroatoms. The molecule has 0 N–H and O–H groups in total. The Labute approximate surface area is 121 Å². The van der Waals surface area contributed by atoms with Gasteiger partial charge in [-0.15, -0.1) is 0 Å². The van der Waals surface area contributed by atoms with Crippen molar-refractivity contribution in [3.8, 4) is 0 Å². The van der Waals surface area contributed by atoms with E-state index >= 15 is 0 Å². The largest absolute Gasteiger partial charge is 0.343 e. The number of carbonyl (C=O) groups excluding carboxylic acids is 2. The smallest absolute Gasteiger partial charge is 0.236 e. The monoisotopic (exact) mass is 300 g/mol. The Kier molecular flexibility index (Phi) is 4.45. The predicted octanol–water partition coefficient (Wildman–Crippen LogP) is 1.95. The summed E-state index contributed by atoms with van der Waals surface area (Å²) in [6, 6.07) is 4.80. The van der Waals surface area contributed by atoms with E-state index in [4.69, 9.17) is 23.2 Å². The van der Waals surface area contributed by atoms with Crippen LogP contribution >= 0.6 is 23.2 Å². The maximum atomic E-state index is 12.2. The van der Waals surface area contributed by atoms with Crippen molar-refractivity contribution in [1.29, 1.82) is 0 Å². The maximum absolute atomic E-state index is 12.2. The first kappa shape index (κ1) is 14.3. The lowest BCUT2D eigenvalue weighted by Gasteiger charge is -2.31. The van der Waals surface area contributed by atoms with Crippen molar-refractivity contribution in [3.05, 3.63) is 33.8 Å². The number of halogens is 2. The number of carbonyl (C=O) groups is 2. The van der Waals surface area contributed by atoms with Gasteiger partial charge in [0.1, 0.15) is 0 Å². The number of hydrogen-bond donors (Lipinski definition) is 0. The van der Waals surface area contributed by atoms with Crippen LogP contribution in [0.25, 0.3) is 0 Å². The van der Waals surface area contributed by atoms with Gasteiger partial charge in [-0.1, -0.05) is 23.2 Å². The minimum atomic E-state index is -0.121. The summed E-state index contributed by atoms with van der Waals surface area (Å²) >= 11 is 11.8. The molecule has 1 aliphatic heterocycles. The number of likely N-dealkylation sites (N-methyl/N-ethyl adjacent to an activating group) is 1. The molecule has 1 aromatic carbocycles. The number of Topliss-reactive ketones (excluding diaryl/α,β-unsaturated/α-hetero) is 1. The SMILES string of the molecule is CN1CCN(CC(=O)c2cc(Cl)ccc2Cl)CC1=O. The van der Waals surface area contributed by atoms with Gasteiger partial charge in [-0.25, -0.2) is 0 Å². The Morgan fingerprint density at radius 2 is 2.05 bits per heavy atom. The average Bonchev–Trinajstić information content (AvgIpc) is 2.36. The topological polar surface area (TPSA) is 40.6 Å². The fourth-order valence-electron chi connectivity index (χ4n) is 1.94. The third-order valence-corrected chi connectivity index (χ3v) is 3.70. The second kappa shape index (κ2) is 5.90. The fraction of sp³-hybridized carbons (Fsp3) is 0.385. The zero-order valence-corrected chi connectivity index (χ0v) is 12.0. The molecule has 1 fully saturated rings. The van der Waals surface area contributed by atoms with Gasteiger partial charge in [0, 0.05) is 30.7 Å². The van der Waals surface area contributed by atoms with Crippen LogP contribution in [-0.2, 0) is 4.79 Å². The van der Waals surface area contributed by atoms with Crippen molar-refractivity contribution < 1.29 is 9.59 Å². The van der Waals surface area contributed by atoms with Crippen LogP contribution in [0.1, 0.15) is 10.4 Å². The minimum Gasteiger partial charge on any atom is -0.343 e. The molecule has 0 aromatic heterocycles. The number of ketones is 1. The Bertz CT molecular complexity index is 519. The van der Waals surface area contributed by atoms with Gasteiger partial charge in [-0.3, -0.25) is 14.5 Å². The third-order valence-electron chi connectivity index (χ3n) is 3.13. The predicted molar refractivity (Wildman–Crippen MR) is 74.9 cm³/mol. The molecule has 4 nitrogen and oxygen atoms in total. The normalized spacial score (nSPS) is 16.8. The van der Waals surface area contributed by atoms with Crippen molar-refractivity contribution in [3.63, 3.8) is 0 Å². The molecular formula is C13H14Cl2N2O2.